The number of nitrogens with one attached hydrogen (secondary N) is 1. The third-order valence-corrected chi connectivity index (χ3v) is 4.08. The first-order chi connectivity index (χ1) is 9.42. The minimum absolute atomic E-state index is 0.192. The molecular formula is C12H17FN2O4S. The van der Waals surface area contributed by atoms with Gasteiger partial charge in [-0.3, -0.25) is 0 Å². The Morgan fingerprint density at radius 2 is 2.10 bits per heavy atom. The Kier molecular flexibility index (Phi) is 6.05. The third-order valence-electron chi connectivity index (χ3n) is 2.56. The molecule has 0 saturated carbocycles. The van der Waals surface area contributed by atoms with Gasteiger partial charge in [0, 0.05) is 6.54 Å². The molecule has 0 saturated heterocycles. The lowest BCUT2D eigenvalue weighted by Crippen LogP contribution is -2.27. The van der Waals surface area contributed by atoms with Gasteiger partial charge in [0.2, 0.25) is 10.0 Å². The summed E-state index contributed by atoms with van der Waals surface area (Å²) in [5.41, 5.74) is 4.97. The van der Waals surface area contributed by atoms with Crippen LogP contribution in [0.4, 0.5) is 4.39 Å². The van der Waals surface area contributed by atoms with Crippen molar-refractivity contribution in [2.75, 3.05) is 20.2 Å². The maximum Gasteiger partial charge on any atom is 0.339 e. The van der Waals surface area contributed by atoms with Crippen LogP contribution in [0.25, 0.3) is 0 Å². The summed E-state index contributed by atoms with van der Waals surface area (Å²) in [5.74, 6) is -1.63. The minimum Gasteiger partial charge on any atom is -0.465 e. The molecule has 1 aromatic carbocycles. The van der Waals surface area contributed by atoms with E-state index in [9.17, 15) is 17.6 Å². The topological polar surface area (TPSA) is 98.5 Å². The van der Waals surface area contributed by atoms with Crippen molar-refractivity contribution in [1.82, 2.24) is 4.72 Å². The number of sulfonamides is 1. The summed E-state index contributed by atoms with van der Waals surface area (Å²) in [6, 6.07) is 2.84. The summed E-state index contributed by atoms with van der Waals surface area (Å²) >= 11 is 0. The molecule has 20 heavy (non-hydrogen) atoms. The van der Waals surface area contributed by atoms with Gasteiger partial charge in [-0.05, 0) is 37.6 Å². The lowest BCUT2D eigenvalue weighted by molar-refractivity contribution is 0.0595. The number of hydrogen-bond donors (Lipinski definition) is 2. The quantitative estimate of drug-likeness (QED) is 0.568. The molecule has 1 aromatic rings. The van der Waals surface area contributed by atoms with Crippen LogP contribution in [-0.2, 0) is 14.8 Å². The maximum absolute atomic E-state index is 13.1. The van der Waals surface area contributed by atoms with Gasteiger partial charge >= 0.3 is 5.97 Å². The van der Waals surface area contributed by atoms with Gasteiger partial charge in [0.05, 0.1) is 17.6 Å². The molecule has 0 heterocycles. The van der Waals surface area contributed by atoms with Crippen molar-refractivity contribution in [3.05, 3.63) is 29.6 Å². The molecule has 6 nitrogen and oxygen atoms in total. The van der Waals surface area contributed by atoms with Crippen molar-refractivity contribution in [2.24, 2.45) is 5.73 Å². The van der Waals surface area contributed by atoms with Gasteiger partial charge in [-0.1, -0.05) is 0 Å². The molecule has 0 radical (unpaired) electrons. The number of rotatable bonds is 7. The van der Waals surface area contributed by atoms with E-state index in [1.165, 1.54) is 0 Å². The summed E-state index contributed by atoms with van der Waals surface area (Å²) < 4.78 is 44.1. The second kappa shape index (κ2) is 7.32. The molecule has 0 amide bonds. The van der Waals surface area contributed by atoms with Gasteiger partial charge in [-0.15, -0.1) is 0 Å². The summed E-state index contributed by atoms with van der Waals surface area (Å²) in [4.78, 5) is 11.2. The number of nitrogens with two attached hydrogens (primary N) is 1. The Labute approximate surface area is 117 Å². The second-order valence-corrected chi connectivity index (χ2v) is 5.76. The van der Waals surface area contributed by atoms with E-state index >= 15 is 0 Å². The fraction of sp³-hybridized carbons (Fsp3) is 0.417. The smallest absolute Gasteiger partial charge is 0.339 e. The molecule has 0 aliphatic heterocycles. The molecule has 0 fully saturated rings. The highest BCUT2D eigenvalue weighted by Gasteiger charge is 2.23. The molecule has 8 heteroatoms. The van der Waals surface area contributed by atoms with E-state index in [1.54, 1.807) is 0 Å². The monoisotopic (exact) mass is 304 g/mol. The molecule has 0 unspecified atom stereocenters. The summed E-state index contributed by atoms with van der Waals surface area (Å²) in [6.07, 6.45) is 1.25. The van der Waals surface area contributed by atoms with Crippen molar-refractivity contribution in [1.29, 1.82) is 0 Å². The van der Waals surface area contributed by atoms with E-state index in [4.69, 9.17) is 5.73 Å². The molecule has 0 aliphatic carbocycles. The average molecular weight is 304 g/mol. The van der Waals surface area contributed by atoms with E-state index in [-0.39, 0.29) is 17.0 Å². The Hall–Kier alpha value is -1.51. The van der Waals surface area contributed by atoms with Crippen molar-refractivity contribution >= 4 is 16.0 Å². The number of methoxy groups -OCH3 is 1. The van der Waals surface area contributed by atoms with Gasteiger partial charge in [-0.2, -0.15) is 0 Å². The summed E-state index contributed by atoms with van der Waals surface area (Å²) in [5, 5.41) is 0. The van der Waals surface area contributed by atoms with Gasteiger partial charge in [0.15, 0.2) is 0 Å². The number of benzene rings is 1. The zero-order chi connectivity index (χ0) is 15.2. The number of esters is 1. The first kappa shape index (κ1) is 16.5. The van der Waals surface area contributed by atoms with Crippen LogP contribution in [0.1, 0.15) is 23.2 Å². The van der Waals surface area contributed by atoms with Crippen molar-refractivity contribution < 1.29 is 22.3 Å². The highest BCUT2D eigenvalue weighted by molar-refractivity contribution is 7.89. The molecule has 3 N–H and O–H groups in total. The van der Waals surface area contributed by atoms with Crippen LogP contribution in [0, 0.1) is 5.82 Å². The van der Waals surface area contributed by atoms with Crippen molar-refractivity contribution in [3.8, 4) is 0 Å². The van der Waals surface area contributed by atoms with Crippen LogP contribution in [0.3, 0.4) is 0 Å². The molecule has 0 atom stereocenters. The number of hydrogen-bond acceptors (Lipinski definition) is 5. The lowest BCUT2D eigenvalue weighted by Gasteiger charge is -2.10. The Balaban J connectivity index is 3.02. The first-order valence-corrected chi connectivity index (χ1v) is 7.48. The fourth-order valence-electron chi connectivity index (χ4n) is 1.56. The predicted molar refractivity (Wildman–Crippen MR) is 71.2 cm³/mol. The molecule has 0 aliphatic rings. The highest BCUT2D eigenvalue weighted by atomic mass is 32.2. The van der Waals surface area contributed by atoms with Crippen LogP contribution in [0.5, 0.6) is 0 Å². The normalized spacial score (nSPS) is 11.3. The third kappa shape index (κ3) is 4.26. The zero-order valence-corrected chi connectivity index (χ0v) is 11.9. The van der Waals surface area contributed by atoms with Crippen LogP contribution in [0.2, 0.25) is 0 Å². The fourth-order valence-corrected chi connectivity index (χ4v) is 2.81. The van der Waals surface area contributed by atoms with E-state index in [1.807, 2.05) is 0 Å². The predicted octanol–water partition coefficient (Wildman–Crippen LogP) is 0.630. The number of carbonyl (C=O) groups is 1. The Morgan fingerprint density at radius 1 is 1.40 bits per heavy atom. The minimum atomic E-state index is -3.90. The Bertz CT molecular complexity index is 575. The second-order valence-electron chi connectivity index (χ2n) is 4.03. The van der Waals surface area contributed by atoms with Crippen LogP contribution < -0.4 is 10.5 Å². The van der Waals surface area contributed by atoms with Gasteiger partial charge in [0.1, 0.15) is 5.82 Å². The first-order valence-electron chi connectivity index (χ1n) is 6.00. The van der Waals surface area contributed by atoms with Crippen molar-refractivity contribution in [3.63, 3.8) is 0 Å². The summed E-state index contributed by atoms with van der Waals surface area (Å²) in [7, 11) is -2.81. The maximum atomic E-state index is 13.1. The largest absolute Gasteiger partial charge is 0.465 e. The lowest BCUT2D eigenvalue weighted by atomic mass is 10.2. The van der Waals surface area contributed by atoms with Gasteiger partial charge in [-0.25, -0.2) is 22.3 Å². The standard InChI is InChI=1S/C12H17FN2O4S/c1-19-12(16)10-8-9(13)4-5-11(10)20(17,18)15-7-3-2-6-14/h4-5,8,15H,2-3,6-7,14H2,1H3. The zero-order valence-electron chi connectivity index (χ0n) is 11.1. The Morgan fingerprint density at radius 3 is 2.70 bits per heavy atom. The number of ether oxygens (including phenoxy) is 1. The average Bonchev–Trinajstić information content (AvgIpc) is 2.42. The van der Waals surface area contributed by atoms with Crippen LogP contribution in [-0.4, -0.2) is 34.6 Å². The van der Waals surface area contributed by atoms with Crippen molar-refractivity contribution in [2.45, 2.75) is 17.7 Å². The molecule has 0 bridgehead atoms. The molecule has 0 spiro atoms. The number of halogens is 1. The van der Waals surface area contributed by atoms with E-state index in [0.717, 1.165) is 25.3 Å². The number of carbonyl (C=O) groups excluding carboxylic acids is 1. The summed E-state index contributed by atoms with van der Waals surface area (Å²) in [6.45, 7) is 0.656. The van der Waals surface area contributed by atoms with E-state index in [2.05, 4.69) is 9.46 Å². The highest BCUT2D eigenvalue weighted by Crippen LogP contribution is 2.18. The molecular weight excluding hydrogens is 287 g/mol. The van der Waals surface area contributed by atoms with Crippen LogP contribution in [0.15, 0.2) is 23.1 Å². The van der Waals surface area contributed by atoms with E-state index in [0.29, 0.717) is 19.4 Å². The van der Waals surface area contributed by atoms with E-state index < -0.39 is 21.8 Å². The number of unbranched alkanes of at least 4 members (excludes halogenated alkanes) is 1. The van der Waals surface area contributed by atoms with Crippen LogP contribution >= 0.6 is 0 Å². The molecule has 112 valence electrons. The van der Waals surface area contributed by atoms with Gasteiger partial charge < -0.3 is 10.5 Å². The molecule has 1 rings (SSSR count). The molecule has 0 aromatic heterocycles. The SMILES string of the molecule is COC(=O)c1cc(F)ccc1S(=O)(=O)NCCCCN. The van der Waals surface area contributed by atoms with Gasteiger partial charge in [0.25, 0.3) is 0 Å².